The highest BCUT2D eigenvalue weighted by Crippen LogP contribution is 2.27. The van der Waals surface area contributed by atoms with Crippen molar-refractivity contribution >= 4 is 90.4 Å². The van der Waals surface area contributed by atoms with E-state index in [0.717, 1.165) is 22.5 Å². The highest BCUT2D eigenvalue weighted by Gasteiger charge is 2.22. The fourth-order valence-electron chi connectivity index (χ4n) is 3.05. The molecule has 18 heteroatoms. The van der Waals surface area contributed by atoms with Gasteiger partial charge in [0.05, 0.1) is 25.7 Å². The maximum atomic E-state index is 12.6. The zero-order valence-corrected chi connectivity index (χ0v) is 30.9. The number of halogens is 12. The monoisotopic (exact) mass is 1090 g/mol. The van der Waals surface area contributed by atoms with Crippen LogP contribution in [0.4, 0.5) is 35.1 Å². The van der Waals surface area contributed by atoms with Gasteiger partial charge in [0.1, 0.15) is 0 Å². The summed E-state index contributed by atoms with van der Waals surface area (Å²) in [5.41, 5.74) is 4.26. The first-order chi connectivity index (χ1) is 21.9. The topological polar surface area (TPSA) is 83.1 Å². The predicted octanol–water partition coefficient (Wildman–Crippen LogP) is 9.85. The van der Waals surface area contributed by atoms with E-state index in [0.29, 0.717) is 0 Å². The van der Waals surface area contributed by atoms with Crippen molar-refractivity contribution in [2.24, 2.45) is 0 Å². The summed E-state index contributed by atoms with van der Waals surface area (Å²) in [7, 11) is 0. The lowest BCUT2D eigenvalue weighted by molar-refractivity contribution is 0.437. The molecule has 0 atom stereocenters. The van der Waals surface area contributed by atoms with Gasteiger partial charge in [0, 0.05) is 48.3 Å². The molecule has 4 heterocycles. The number of H-pyrrole nitrogens is 2. The van der Waals surface area contributed by atoms with Gasteiger partial charge in [-0.05, 0) is 127 Å². The van der Waals surface area contributed by atoms with Crippen molar-refractivity contribution in [2.45, 2.75) is 0 Å². The van der Waals surface area contributed by atoms with Gasteiger partial charge in [-0.25, -0.2) is 35.1 Å². The average Bonchev–Trinajstić information content (AvgIpc) is 3.84. The van der Waals surface area contributed by atoms with E-state index in [2.05, 4.69) is 30.4 Å². The molecule has 0 aliphatic heterocycles. The number of hydrogen-bond acceptors (Lipinski definition) is 4. The second kappa shape index (κ2) is 18.2. The lowest BCUT2D eigenvalue weighted by Gasteiger charge is -2.02. The Morgan fingerprint density at radius 3 is 0.804 bits per heavy atom. The summed E-state index contributed by atoms with van der Waals surface area (Å²) in [6.07, 6.45) is 10.5. The van der Waals surface area contributed by atoms with Crippen molar-refractivity contribution in [3.8, 4) is 22.5 Å². The molecule has 46 heavy (non-hydrogen) atoms. The molecular formula is C28H14F8I4N6. The van der Waals surface area contributed by atoms with Crippen LogP contribution < -0.4 is 0 Å². The smallest absolute Gasteiger partial charge is 0.176 e. The van der Waals surface area contributed by atoms with Gasteiger partial charge in [-0.1, -0.05) is 0 Å². The largest absolute Gasteiger partial charge is 0.278 e. The standard InChI is InChI=1S/2C8H7N3.2C6F4I2/c2*1-4-9-5-2-7(1)8-3-6-10-11-8;2*7-1-2(8)6(12)4(10)3(9)5(1)11/h2*1-6H,(H,10,11);;. The summed E-state index contributed by atoms with van der Waals surface area (Å²) in [6, 6.07) is 11.6. The quantitative estimate of drug-likeness (QED) is 0.0784. The zero-order chi connectivity index (χ0) is 34.0. The van der Waals surface area contributed by atoms with Crippen LogP contribution in [0, 0.1) is 60.8 Å². The van der Waals surface area contributed by atoms with Gasteiger partial charge in [0.2, 0.25) is 0 Å². The lowest BCUT2D eigenvalue weighted by Crippen LogP contribution is -2.02. The number of nitrogens with zero attached hydrogens (tertiary/aromatic N) is 4. The molecule has 240 valence electrons. The summed E-state index contributed by atoms with van der Waals surface area (Å²) in [5, 5.41) is 13.5. The maximum Gasteiger partial charge on any atom is 0.176 e. The van der Waals surface area contributed by atoms with E-state index in [9.17, 15) is 35.1 Å². The molecule has 0 amide bonds. The van der Waals surface area contributed by atoms with Crippen LogP contribution in [0.5, 0.6) is 0 Å². The molecule has 2 N–H and O–H groups in total. The second-order valence-electron chi connectivity index (χ2n) is 8.18. The molecule has 4 aromatic heterocycles. The third-order valence-electron chi connectivity index (χ3n) is 5.30. The number of pyridine rings is 2. The number of benzene rings is 2. The van der Waals surface area contributed by atoms with Gasteiger partial charge in [-0.3, -0.25) is 20.2 Å². The van der Waals surface area contributed by atoms with Crippen LogP contribution in [0.1, 0.15) is 0 Å². The number of aromatic nitrogens is 6. The third kappa shape index (κ3) is 9.77. The highest BCUT2D eigenvalue weighted by atomic mass is 127. The van der Waals surface area contributed by atoms with Crippen LogP contribution in [0.2, 0.25) is 0 Å². The minimum absolute atomic E-state index is 0.664. The van der Waals surface area contributed by atoms with Gasteiger partial charge in [0.25, 0.3) is 0 Å². The summed E-state index contributed by atoms with van der Waals surface area (Å²) < 4.78 is 98.5. The fourth-order valence-corrected chi connectivity index (χ4v) is 4.95. The van der Waals surface area contributed by atoms with Crippen molar-refractivity contribution in [3.05, 3.63) is 134 Å². The molecule has 0 spiro atoms. The Kier molecular flexibility index (Phi) is 15.0. The Balaban J connectivity index is 0.000000167. The number of hydrogen-bond donors (Lipinski definition) is 2. The molecule has 0 aliphatic rings. The second-order valence-corrected chi connectivity index (χ2v) is 12.5. The summed E-state index contributed by atoms with van der Waals surface area (Å²) in [4.78, 5) is 7.84. The molecule has 6 nitrogen and oxygen atoms in total. The Morgan fingerprint density at radius 1 is 0.370 bits per heavy atom. The van der Waals surface area contributed by atoms with E-state index < -0.39 is 60.8 Å². The lowest BCUT2D eigenvalue weighted by atomic mass is 10.2. The van der Waals surface area contributed by atoms with Crippen molar-refractivity contribution < 1.29 is 35.1 Å². The van der Waals surface area contributed by atoms with E-state index in [1.807, 2.05) is 36.4 Å². The van der Waals surface area contributed by atoms with E-state index in [-0.39, 0.29) is 0 Å². The van der Waals surface area contributed by atoms with Crippen molar-refractivity contribution in [1.82, 2.24) is 30.4 Å². The molecule has 0 fully saturated rings. The molecule has 0 saturated heterocycles. The molecule has 0 unspecified atom stereocenters. The Morgan fingerprint density at radius 2 is 0.609 bits per heavy atom. The molecular weight excluding hydrogens is 1080 g/mol. The normalized spacial score (nSPS) is 10.2. The molecule has 0 bridgehead atoms. The van der Waals surface area contributed by atoms with Crippen LogP contribution in [0.3, 0.4) is 0 Å². The summed E-state index contributed by atoms with van der Waals surface area (Å²) >= 11 is 4.81. The minimum atomic E-state index is -1.35. The maximum absolute atomic E-state index is 12.6. The van der Waals surface area contributed by atoms with E-state index in [1.54, 1.807) is 37.2 Å². The van der Waals surface area contributed by atoms with E-state index in [4.69, 9.17) is 0 Å². The number of rotatable bonds is 2. The van der Waals surface area contributed by atoms with Crippen LogP contribution >= 0.6 is 90.4 Å². The van der Waals surface area contributed by atoms with E-state index in [1.165, 1.54) is 90.4 Å². The van der Waals surface area contributed by atoms with Gasteiger partial charge in [0.15, 0.2) is 46.5 Å². The summed E-state index contributed by atoms with van der Waals surface area (Å²) in [6.45, 7) is 0. The summed E-state index contributed by atoms with van der Waals surface area (Å²) in [5.74, 6) is -10.8. The Bertz CT molecular complexity index is 1520. The number of aromatic amines is 2. The SMILES string of the molecule is Fc1c(F)c(I)c(F)c(F)c1I.Fc1c(F)c(I)c(F)c(F)c1I.c1cc(-c2ccn[nH]2)ccn1.c1cc(-c2ccn[nH]2)ccn1. The molecule has 6 aromatic rings. The first-order valence-corrected chi connectivity index (χ1v) is 16.3. The van der Waals surface area contributed by atoms with Gasteiger partial charge < -0.3 is 0 Å². The molecule has 0 saturated carbocycles. The van der Waals surface area contributed by atoms with Crippen LogP contribution in [-0.4, -0.2) is 30.4 Å². The Labute approximate surface area is 309 Å². The zero-order valence-electron chi connectivity index (χ0n) is 22.3. The van der Waals surface area contributed by atoms with Crippen LogP contribution in [0.25, 0.3) is 22.5 Å². The van der Waals surface area contributed by atoms with Crippen molar-refractivity contribution in [3.63, 3.8) is 0 Å². The van der Waals surface area contributed by atoms with Crippen molar-refractivity contribution in [1.29, 1.82) is 0 Å². The first kappa shape index (κ1) is 38.0. The van der Waals surface area contributed by atoms with Crippen molar-refractivity contribution in [2.75, 3.05) is 0 Å². The first-order valence-electron chi connectivity index (χ1n) is 12.0. The van der Waals surface area contributed by atoms with Crippen LogP contribution in [0.15, 0.2) is 73.6 Å². The van der Waals surface area contributed by atoms with Gasteiger partial charge >= 0.3 is 0 Å². The molecule has 6 rings (SSSR count). The highest BCUT2D eigenvalue weighted by molar-refractivity contribution is 14.1. The molecule has 0 radical (unpaired) electrons. The third-order valence-corrected chi connectivity index (χ3v) is 9.09. The van der Waals surface area contributed by atoms with E-state index >= 15 is 0 Å². The molecule has 0 aliphatic carbocycles. The average molecular weight is 1090 g/mol. The van der Waals surface area contributed by atoms with Gasteiger partial charge in [-0.15, -0.1) is 0 Å². The molecule has 2 aromatic carbocycles. The predicted molar refractivity (Wildman–Crippen MR) is 187 cm³/mol. The minimum Gasteiger partial charge on any atom is -0.278 e. The van der Waals surface area contributed by atoms with Crippen LogP contribution in [-0.2, 0) is 0 Å². The number of nitrogens with one attached hydrogen (secondary N) is 2. The Hall–Kier alpha value is -2.48. The van der Waals surface area contributed by atoms with Gasteiger partial charge in [-0.2, -0.15) is 10.2 Å². The fraction of sp³-hybridized carbons (Fsp3) is 0.